The molecular weight excluding hydrogens is 316 g/mol. The Labute approximate surface area is 147 Å². The standard InChI is InChI=1S/C18H35ClO4/c1-2-3-4-5-6-7-8-9-10-11-12-13-14-15-16-17(18(20)21)22-23-19/h17H,2-16H2,1H3,(H,20,21). The Balaban J connectivity index is 3.20. The highest BCUT2D eigenvalue weighted by atomic mass is 35.5. The van der Waals surface area contributed by atoms with Gasteiger partial charge in [-0.05, 0) is 6.42 Å². The van der Waals surface area contributed by atoms with E-state index in [2.05, 4.69) is 16.3 Å². The second kappa shape index (κ2) is 18.0. The fourth-order valence-corrected chi connectivity index (χ4v) is 2.87. The lowest BCUT2D eigenvalue weighted by molar-refractivity contribution is -0.245. The van der Waals surface area contributed by atoms with E-state index in [1.807, 2.05) is 0 Å². The Kier molecular flexibility index (Phi) is 17.8. The Morgan fingerprint density at radius 1 is 0.826 bits per heavy atom. The van der Waals surface area contributed by atoms with Crippen LogP contribution in [0.15, 0.2) is 0 Å². The summed E-state index contributed by atoms with van der Waals surface area (Å²) in [6.07, 6.45) is 17.4. The van der Waals surface area contributed by atoms with E-state index in [0.29, 0.717) is 6.42 Å². The molecule has 0 rings (SSSR count). The smallest absolute Gasteiger partial charge is 0.336 e. The van der Waals surface area contributed by atoms with Crippen molar-refractivity contribution in [2.24, 2.45) is 0 Å². The van der Waals surface area contributed by atoms with E-state index >= 15 is 0 Å². The van der Waals surface area contributed by atoms with Crippen molar-refractivity contribution in [2.75, 3.05) is 0 Å². The molecule has 0 radical (unpaired) electrons. The summed E-state index contributed by atoms with van der Waals surface area (Å²) in [7, 11) is 0. The summed E-state index contributed by atoms with van der Waals surface area (Å²) >= 11 is 4.92. The minimum Gasteiger partial charge on any atom is -0.479 e. The number of hydrogen-bond donors (Lipinski definition) is 1. The van der Waals surface area contributed by atoms with E-state index in [-0.39, 0.29) is 0 Å². The zero-order valence-electron chi connectivity index (χ0n) is 14.7. The molecule has 138 valence electrons. The predicted molar refractivity (Wildman–Crippen MR) is 94.4 cm³/mol. The maximum Gasteiger partial charge on any atom is 0.336 e. The van der Waals surface area contributed by atoms with Gasteiger partial charge in [-0.2, -0.15) is 0 Å². The molecule has 0 aromatic rings. The first-order chi connectivity index (χ1) is 11.2. The Morgan fingerprint density at radius 3 is 1.57 bits per heavy atom. The highest BCUT2D eigenvalue weighted by Gasteiger charge is 2.18. The lowest BCUT2D eigenvalue weighted by Gasteiger charge is -2.09. The number of aliphatic carboxylic acids is 1. The average Bonchev–Trinajstić information content (AvgIpc) is 2.54. The van der Waals surface area contributed by atoms with Gasteiger partial charge in [-0.1, -0.05) is 96.8 Å². The highest BCUT2D eigenvalue weighted by molar-refractivity contribution is 6.06. The van der Waals surface area contributed by atoms with Crippen molar-refractivity contribution in [3.8, 4) is 0 Å². The first-order valence-electron chi connectivity index (χ1n) is 9.39. The molecule has 1 atom stereocenters. The van der Waals surface area contributed by atoms with E-state index in [4.69, 9.17) is 17.0 Å². The molecule has 0 aromatic heterocycles. The zero-order chi connectivity index (χ0) is 17.2. The third-order valence-electron chi connectivity index (χ3n) is 4.25. The van der Waals surface area contributed by atoms with Crippen LogP contribution in [-0.2, 0) is 14.1 Å². The van der Waals surface area contributed by atoms with Crippen molar-refractivity contribution in [1.82, 2.24) is 0 Å². The first-order valence-corrected chi connectivity index (χ1v) is 9.70. The molecule has 0 fully saturated rings. The normalized spacial score (nSPS) is 12.4. The van der Waals surface area contributed by atoms with Crippen molar-refractivity contribution >= 4 is 17.8 Å². The Morgan fingerprint density at radius 2 is 1.22 bits per heavy atom. The molecule has 0 saturated heterocycles. The topological polar surface area (TPSA) is 55.8 Å². The summed E-state index contributed by atoms with van der Waals surface area (Å²) in [5.41, 5.74) is 0. The number of halogens is 1. The van der Waals surface area contributed by atoms with Crippen LogP contribution in [0.2, 0.25) is 0 Å². The minimum absolute atomic E-state index is 0.445. The lowest BCUT2D eigenvalue weighted by atomic mass is 10.0. The Hall–Kier alpha value is -0.320. The van der Waals surface area contributed by atoms with Crippen molar-refractivity contribution < 1.29 is 19.2 Å². The fraction of sp³-hybridized carbons (Fsp3) is 0.944. The van der Waals surface area contributed by atoms with Gasteiger partial charge >= 0.3 is 5.97 Å². The summed E-state index contributed by atoms with van der Waals surface area (Å²) < 4.78 is 3.93. The van der Waals surface area contributed by atoms with Crippen LogP contribution in [0.5, 0.6) is 0 Å². The summed E-state index contributed by atoms with van der Waals surface area (Å²) in [5, 5.41) is 8.84. The molecule has 0 bridgehead atoms. The molecule has 0 aromatic carbocycles. The fourth-order valence-electron chi connectivity index (χ4n) is 2.78. The molecule has 0 saturated carbocycles. The van der Waals surface area contributed by atoms with Gasteiger partial charge in [-0.25, -0.2) is 9.68 Å². The van der Waals surface area contributed by atoms with Gasteiger partial charge in [0.15, 0.2) is 6.10 Å². The summed E-state index contributed by atoms with van der Waals surface area (Å²) in [5.74, 6) is -1.03. The molecule has 4 nitrogen and oxygen atoms in total. The summed E-state index contributed by atoms with van der Waals surface area (Å²) in [6, 6.07) is 0. The van der Waals surface area contributed by atoms with E-state index in [1.54, 1.807) is 0 Å². The van der Waals surface area contributed by atoms with Crippen LogP contribution in [0, 0.1) is 0 Å². The van der Waals surface area contributed by atoms with Gasteiger partial charge in [0.1, 0.15) is 0 Å². The predicted octanol–water partition coefficient (Wildman–Crippen LogP) is 6.41. The highest BCUT2D eigenvalue weighted by Crippen LogP contribution is 2.14. The van der Waals surface area contributed by atoms with Gasteiger partial charge in [-0.3, -0.25) is 0 Å². The van der Waals surface area contributed by atoms with Crippen LogP contribution in [0.4, 0.5) is 0 Å². The van der Waals surface area contributed by atoms with Gasteiger partial charge in [0.05, 0.1) is 11.9 Å². The van der Waals surface area contributed by atoms with Crippen molar-refractivity contribution in [2.45, 2.75) is 109 Å². The van der Waals surface area contributed by atoms with Crippen molar-refractivity contribution in [3.05, 3.63) is 0 Å². The van der Waals surface area contributed by atoms with Crippen LogP contribution in [-0.4, -0.2) is 17.2 Å². The quantitative estimate of drug-likeness (QED) is 0.176. The second-order valence-corrected chi connectivity index (χ2v) is 6.50. The molecule has 0 heterocycles. The first kappa shape index (κ1) is 22.7. The van der Waals surface area contributed by atoms with E-state index in [9.17, 15) is 4.79 Å². The van der Waals surface area contributed by atoms with Crippen LogP contribution in [0.1, 0.15) is 103 Å². The number of unbranched alkanes of at least 4 members (excludes halogenated alkanes) is 13. The Bertz CT molecular complexity index is 261. The third kappa shape index (κ3) is 16.3. The van der Waals surface area contributed by atoms with Gasteiger partial charge in [0.2, 0.25) is 0 Å². The van der Waals surface area contributed by atoms with E-state index in [1.165, 1.54) is 70.6 Å². The molecule has 5 heteroatoms. The number of carbonyl (C=O) groups is 1. The maximum atomic E-state index is 10.8. The minimum atomic E-state index is -1.03. The number of carboxylic acid groups (broad SMARTS) is 1. The third-order valence-corrected chi connectivity index (χ3v) is 4.32. The molecule has 1 N–H and O–H groups in total. The monoisotopic (exact) mass is 350 g/mol. The second-order valence-electron chi connectivity index (χ2n) is 6.37. The molecule has 0 spiro atoms. The van der Waals surface area contributed by atoms with Crippen LogP contribution in [0.25, 0.3) is 0 Å². The summed E-state index contributed by atoms with van der Waals surface area (Å²) in [6.45, 7) is 2.26. The van der Waals surface area contributed by atoms with E-state index < -0.39 is 12.1 Å². The molecule has 0 amide bonds. The molecule has 23 heavy (non-hydrogen) atoms. The average molecular weight is 351 g/mol. The number of hydrogen-bond acceptors (Lipinski definition) is 3. The van der Waals surface area contributed by atoms with Gasteiger partial charge in [-0.15, -0.1) is 4.44 Å². The van der Waals surface area contributed by atoms with E-state index in [0.717, 1.165) is 19.3 Å². The van der Waals surface area contributed by atoms with Crippen molar-refractivity contribution in [1.29, 1.82) is 0 Å². The zero-order valence-corrected chi connectivity index (χ0v) is 15.5. The molecule has 0 aliphatic carbocycles. The van der Waals surface area contributed by atoms with Crippen molar-refractivity contribution in [3.63, 3.8) is 0 Å². The lowest BCUT2D eigenvalue weighted by Crippen LogP contribution is -2.22. The van der Waals surface area contributed by atoms with Gasteiger partial charge < -0.3 is 5.11 Å². The number of carboxylic acids is 1. The van der Waals surface area contributed by atoms with Crippen LogP contribution in [0.3, 0.4) is 0 Å². The van der Waals surface area contributed by atoms with Gasteiger partial charge in [0, 0.05) is 0 Å². The van der Waals surface area contributed by atoms with Gasteiger partial charge in [0.25, 0.3) is 0 Å². The largest absolute Gasteiger partial charge is 0.479 e. The van der Waals surface area contributed by atoms with Crippen LogP contribution < -0.4 is 0 Å². The molecule has 0 aliphatic rings. The SMILES string of the molecule is CCCCCCCCCCCCCCCCC(OOCl)C(=O)O. The van der Waals surface area contributed by atoms with Crippen LogP contribution >= 0.6 is 11.9 Å². The molecule has 1 unspecified atom stereocenters. The molecular formula is C18H35ClO4. The summed E-state index contributed by atoms with van der Waals surface area (Å²) in [4.78, 5) is 15.3. The number of rotatable bonds is 18. The molecule has 0 aliphatic heterocycles. The maximum absolute atomic E-state index is 10.8.